The predicted molar refractivity (Wildman–Crippen MR) is 281 cm³/mol. The molecule has 0 saturated heterocycles. The third-order valence-corrected chi connectivity index (χ3v) is 28.0. The number of rotatable bonds is 21. The Bertz CT molecular complexity index is 2210. The van der Waals surface area contributed by atoms with Crippen molar-refractivity contribution in [2.24, 2.45) is 0 Å². The normalized spacial score (nSPS) is 14.9. The topological polar surface area (TPSA) is 94.5 Å². The van der Waals surface area contributed by atoms with Crippen molar-refractivity contribution in [2.45, 2.75) is 141 Å². The first-order valence-corrected chi connectivity index (χ1v) is 31.5. The molecule has 5 rings (SSSR count). The van der Waals surface area contributed by atoms with Gasteiger partial charge >= 0.3 is 5.97 Å². The van der Waals surface area contributed by atoms with Crippen molar-refractivity contribution in [1.82, 2.24) is 4.90 Å². The number of carbonyl (C=O) groups is 2. The highest BCUT2D eigenvalue weighted by atomic mass is 28.4. The fourth-order valence-corrected chi connectivity index (χ4v) is 14.8. The molecule has 11 heteroatoms. The van der Waals surface area contributed by atoms with Gasteiger partial charge in [0.25, 0.3) is 8.32 Å². The maximum Gasteiger partial charge on any atom is 0.338 e. The van der Waals surface area contributed by atoms with E-state index in [0.717, 1.165) is 21.5 Å². The molecular formula is C56H77NO7Si3. The van der Waals surface area contributed by atoms with E-state index in [1.807, 2.05) is 54.6 Å². The van der Waals surface area contributed by atoms with Gasteiger partial charge in [-0.15, -0.1) is 0 Å². The van der Waals surface area contributed by atoms with Gasteiger partial charge in [0.1, 0.15) is 12.2 Å². The van der Waals surface area contributed by atoms with Crippen molar-refractivity contribution in [2.75, 3.05) is 13.2 Å². The molecule has 0 bridgehead atoms. The summed E-state index contributed by atoms with van der Waals surface area (Å²) in [4.78, 5) is 32.0. The summed E-state index contributed by atoms with van der Waals surface area (Å²) in [6.07, 6.45) is -4.28. The Balaban J connectivity index is 1.74. The van der Waals surface area contributed by atoms with Crippen molar-refractivity contribution < 1.29 is 32.7 Å². The zero-order valence-corrected chi connectivity index (χ0v) is 45.4. The second-order valence-electron chi connectivity index (χ2n) is 21.9. The number of ether oxygens (including phenoxy) is 1. The number of benzene rings is 5. The van der Waals surface area contributed by atoms with Crippen molar-refractivity contribution in [1.29, 1.82) is 0 Å². The van der Waals surface area contributed by atoms with Crippen LogP contribution in [0.3, 0.4) is 0 Å². The Labute approximate surface area is 405 Å². The van der Waals surface area contributed by atoms with Gasteiger partial charge in [-0.1, -0.05) is 202 Å². The van der Waals surface area contributed by atoms with Gasteiger partial charge in [-0.25, -0.2) is 4.79 Å². The van der Waals surface area contributed by atoms with E-state index in [1.165, 1.54) is 0 Å². The standard InChI is InChI=1S/C56H77NO7Si3/c1-54(2,3)65(10,11)61-42-49(63-53(60)45-33-23-16-24-34-45)51(59)52(64-66(12,13)55(4,5)6)50(58)48(57(39-43-29-19-14-20-30-43)40-44-31-21-15-22-32-44)41-62-67(56(7,8)9,46-35-25-17-26-36-46)47-37-27-18-28-38-47/h14-38,48-50,52,58H,39-42H2,1-13H3/t48-,49-,50+,52+/m0/s1. The van der Waals surface area contributed by atoms with Crippen LogP contribution in [-0.2, 0) is 35.9 Å². The van der Waals surface area contributed by atoms with Gasteiger partial charge in [-0.05, 0) is 74.9 Å². The molecule has 0 unspecified atom stereocenters. The lowest BCUT2D eigenvalue weighted by atomic mass is 9.97. The Kier molecular flexibility index (Phi) is 17.9. The molecule has 0 saturated carbocycles. The average molecular weight is 960 g/mol. The number of aliphatic hydroxyl groups is 1. The summed E-state index contributed by atoms with van der Waals surface area (Å²) in [5.74, 6) is -1.20. The minimum absolute atomic E-state index is 0.0493. The van der Waals surface area contributed by atoms with Crippen LogP contribution >= 0.6 is 0 Å². The number of esters is 1. The van der Waals surface area contributed by atoms with Gasteiger partial charge in [0.15, 0.2) is 22.7 Å². The molecule has 5 aromatic rings. The smallest absolute Gasteiger partial charge is 0.338 e. The van der Waals surface area contributed by atoms with Crippen molar-refractivity contribution in [3.05, 3.63) is 168 Å². The van der Waals surface area contributed by atoms with Gasteiger partial charge in [-0.2, -0.15) is 0 Å². The molecule has 67 heavy (non-hydrogen) atoms. The third kappa shape index (κ3) is 13.5. The molecule has 0 aromatic heterocycles. The summed E-state index contributed by atoms with van der Waals surface area (Å²) >= 11 is 0. The van der Waals surface area contributed by atoms with Crippen LogP contribution in [0.15, 0.2) is 152 Å². The maximum atomic E-state index is 15.8. The largest absolute Gasteiger partial charge is 0.448 e. The van der Waals surface area contributed by atoms with E-state index in [1.54, 1.807) is 24.3 Å². The zero-order valence-electron chi connectivity index (χ0n) is 42.4. The molecule has 0 heterocycles. The number of Topliss-reactive ketones (excluding diaryl/α,β-unsaturated/α-hetero) is 1. The fourth-order valence-electron chi connectivity index (χ4n) is 7.94. The van der Waals surface area contributed by atoms with Gasteiger partial charge in [0.05, 0.1) is 24.8 Å². The van der Waals surface area contributed by atoms with Crippen molar-refractivity contribution >= 4 is 47.1 Å². The summed E-state index contributed by atoms with van der Waals surface area (Å²) in [6.45, 7) is 28.5. The van der Waals surface area contributed by atoms with Gasteiger partial charge in [0, 0.05) is 13.1 Å². The predicted octanol–water partition coefficient (Wildman–Crippen LogP) is 11.2. The molecule has 0 aliphatic carbocycles. The van der Waals surface area contributed by atoms with Gasteiger partial charge in [-0.3, -0.25) is 9.69 Å². The van der Waals surface area contributed by atoms with Gasteiger partial charge in [0.2, 0.25) is 5.78 Å². The van der Waals surface area contributed by atoms with E-state index in [0.29, 0.717) is 18.7 Å². The van der Waals surface area contributed by atoms with E-state index in [4.69, 9.17) is 18.0 Å². The maximum absolute atomic E-state index is 15.8. The minimum Gasteiger partial charge on any atom is -0.448 e. The number of aliphatic hydroxyl groups excluding tert-OH is 1. The van der Waals surface area contributed by atoms with E-state index < -0.39 is 61.1 Å². The highest BCUT2D eigenvalue weighted by Gasteiger charge is 2.53. The molecule has 0 aliphatic heterocycles. The molecular weight excluding hydrogens is 883 g/mol. The van der Waals surface area contributed by atoms with Crippen LogP contribution in [0.25, 0.3) is 0 Å². The number of ketones is 1. The molecule has 0 amide bonds. The van der Waals surface area contributed by atoms with Crippen LogP contribution in [0.1, 0.15) is 83.8 Å². The number of hydrogen-bond donors (Lipinski definition) is 1. The van der Waals surface area contributed by atoms with E-state index in [-0.39, 0.29) is 28.3 Å². The Morgan fingerprint density at radius 3 is 1.34 bits per heavy atom. The first-order chi connectivity index (χ1) is 31.4. The fraction of sp³-hybridized carbons (Fsp3) is 0.429. The Hall–Kier alpha value is -4.31. The second-order valence-corrected chi connectivity index (χ2v) is 35.8. The van der Waals surface area contributed by atoms with Crippen molar-refractivity contribution in [3.63, 3.8) is 0 Å². The average Bonchev–Trinajstić information content (AvgIpc) is 3.28. The van der Waals surface area contributed by atoms with Crippen LogP contribution in [-0.4, -0.2) is 84.3 Å². The van der Waals surface area contributed by atoms with Crippen LogP contribution in [0.5, 0.6) is 0 Å². The van der Waals surface area contributed by atoms with E-state index >= 15 is 4.79 Å². The first kappa shape index (κ1) is 53.6. The lowest BCUT2D eigenvalue weighted by Crippen LogP contribution is -2.68. The highest BCUT2D eigenvalue weighted by Crippen LogP contribution is 2.41. The summed E-state index contributed by atoms with van der Waals surface area (Å²) in [5.41, 5.74) is 2.38. The molecule has 8 nitrogen and oxygen atoms in total. The monoisotopic (exact) mass is 960 g/mol. The van der Waals surface area contributed by atoms with E-state index in [2.05, 4.69) is 166 Å². The molecule has 0 spiro atoms. The van der Waals surface area contributed by atoms with Crippen LogP contribution < -0.4 is 10.4 Å². The molecule has 0 fully saturated rings. The quantitative estimate of drug-likeness (QED) is 0.0574. The second kappa shape index (κ2) is 22.4. The molecule has 360 valence electrons. The summed E-state index contributed by atoms with van der Waals surface area (Å²) in [6, 6.07) is 49.1. The minimum atomic E-state index is -3.20. The number of hydrogen-bond acceptors (Lipinski definition) is 8. The Morgan fingerprint density at radius 1 is 0.537 bits per heavy atom. The molecule has 0 radical (unpaired) electrons. The summed E-state index contributed by atoms with van der Waals surface area (Å²) in [7, 11) is -8.55. The Morgan fingerprint density at radius 2 is 0.940 bits per heavy atom. The van der Waals surface area contributed by atoms with Crippen molar-refractivity contribution in [3.8, 4) is 0 Å². The summed E-state index contributed by atoms with van der Waals surface area (Å²) in [5, 5.41) is 14.9. The van der Waals surface area contributed by atoms with Gasteiger partial charge < -0.3 is 23.1 Å². The van der Waals surface area contributed by atoms with Crippen LogP contribution in [0.4, 0.5) is 0 Å². The zero-order chi connectivity index (χ0) is 49.3. The lowest BCUT2D eigenvalue weighted by Gasteiger charge is -2.47. The van der Waals surface area contributed by atoms with Crippen LogP contribution in [0.2, 0.25) is 41.3 Å². The SMILES string of the molecule is CC(C)(C)[Si](C)(C)OC[C@H](OC(=O)c1ccccc1)C(=O)[C@H](O[Si](C)(C)C(C)(C)C)[C@H](O)[C@H](CO[Si](c1ccccc1)(c1ccccc1)C(C)(C)C)N(Cc1ccccc1)Cc1ccccc1. The number of nitrogens with zero attached hydrogens (tertiary/aromatic N) is 1. The highest BCUT2D eigenvalue weighted by molar-refractivity contribution is 6.99. The lowest BCUT2D eigenvalue weighted by molar-refractivity contribution is -0.146. The van der Waals surface area contributed by atoms with E-state index in [9.17, 15) is 9.90 Å². The molecule has 4 atom stereocenters. The first-order valence-electron chi connectivity index (χ1n) is 23.7. The third-order valence-electron chi connectivity index (χ3n) is 14.0. The summed E-state index contributed by atoms with van der Waals surface area (Å²) < 4.78 is 27.9. The molecule has 5 aromatic carbocycles. The number of carbonyl (C=O) groups excluding carboxylic acids is 2. The van der Waals surface area contributed by atoms with Crippen LogP contribution in [0, 0.1) is 0 Å². The molecule has 0 aliphatic rings. The molecule has 1 N–H and O–H groups in total.